The van der Waals surface area contributed by atoms with Gasteiger partial charge in [0.25, 0.3) is 0 Å². The average Bonchev–Trinajstić information content (AvgIpc) is 2.69. The number of methoxy groups -OCH3 is 1. The zero-order valence-corrected chi connectivity index (χ0v) is 16.2. The van der Waals surface area contributed by atoms with Crippen molar-refractivity contribution >= 4 is 11.7 Å². The van der Waals surface area contributed by atoms with Crippen molar-refractivity contribution in [2.75, 3.05) is 12.4 Å². The summed E-state index contributed by atoms with van der Waals surface area (Å²) in [5.41, 5.74) is 5.03. The van der Waals surface area contributed by atoms with Crippen molar-refractivity contribution < 1.29 is 9.53 Å². The van der Waals surface area contributed by atoms with Gasteiger partial charge in [-0.15, -0.1) is 0 Å². The fraction of sp³-hybridized carbons (Fsp3) is 0.500. The van der Waals surface area contributed by atoms with Gasteiger partial charge in [-0.25, -0.2) is 9.97 Å². The van der Waals surface area contributed by atoms with Crippen LogP contribution in [0.2, 0.25) is 0 Å². The first-order chi connectivity index (χ1) is 13.1. The van der Waals surface area contributed by atoms with Gasteiger partial charge in [-0.3, -0.25) is 4.79 Å². The molecule has 5 nitrogen and oxygen atoms in total. The van der Waals surface area contributed by atoms with Gasteiger partial charge in [-0.05, 0) is 62.3 Å². The zero-order valence-electron chi connectivity index (χ0n) is 16.2. The SMILES string of the molecule is COc1ccc2c(c1)CCc1nc(NC(=O)CC3CCCCC3)c(C)nc1-2. The second-order valence-electron chi connectivity index (χ2n) is 7.73. The van der Waals surface area contributed by atoms with Crippen LogP contribution in [-0.2, 0) is 17.6 Å². The van der Waals surface area contributed by atoms with Crippen molar-refractivity contribution in [3.8, 4) is 17.0 Å². The summed E-state index contributed by atoms with van der Waals surface area (Å²) in [6.07, 6.45) is 8.48. The van der Waals surface area contributed by atoms with Crippen LogP contribution in [0.5, 0.6) is 5.75 Å². The van der Waals surface area contributed by atoms with Gasteiger partial charge in [0.05, 0.1) is 24.2 Å². The minimum Gasteiger partial charge on any atom is -0.497 e. The smallest absolute Gasteiger partial charge is 0.225 e. The van der Waals surface area contributed by atoms with Gasteiger partial charge >= 0.3 is 0 Å². The number of hydrogen-bond acceptors (Lipinski definition) is 4. The van der Waals surface area contributed by atoms with Crippen molar-refractivity contribution in [1.29, 1.82) is 0 Å². The molecule has 4 rings (SSSR count). The van der Waals surface area contributed by atoms with E-state index in [9.17, 15) is 4.79 Å². The van der Waals surface area contributed by atoms with Crippen LogP contribution in [-0.4, -0.2) is 23.0 Å². The number of anilines is 1. The third-order valence-electron chi connectivity index (χ3n) is 5.80. The lowest BCUT2D eigenvalue weighted by Crippen LogP contribution is -2.21. The van der Waals surface area contributed by atoms with E-state index >= 15 is 0 Å². The van der Waals surface area contributed by atoms with Crippen LogP contribution in [0.3, 0.4) is 0 Å². The summed E-state index contributed by atoms with van der Waals surface area (Å²) in [7, 11) is 1.69. The molecule has 1 aromatic carbocycles. The van der Waals surface area contributed by atoms with E-state index in [1.165, 1.54) is 37.7 Å². The second-order valence-corrected chi connectivity index (χ2v) is 7.73. The first-order valence-electron chi connectivity index (χ1n) is 9.98. The molecule has 0 radical (unpaired) electrons. The summed E-state index contributed by atoms with van der Waals surface area (Å²) in [5, 5.41) is 3.02. The highest BCUT2D eigenvalue weighted by Crippen LogP contribution is 2.34. The summed E-state index contributed by atoms with van der Waals surface area (Å²) in [6.45, 7) is 1.92. The summed E-state index contributed by atoms with van der Waals surface area (Å²) in [6, 6.07) is 6.10. The number of carbonyl (C=O) groups excluding carboxylic acids is 1. The molecule has 1 N–H and O–H groups in total. The normalized spacial score (nSPS) is 16.4. The predicted molar refractivity (Wildman–Crippen MR) is 106 cm³/mol. The number of hydrogen-bond donors (Lipinski definition) is 1. The van der Waals surface area contributed by atoms with Crippen LogP contribution < -0.4 is 10.1 Å². The number of nitrogens with one attached hydrogen (secondary N) is 1. The van der Waals surface area contributed by atoms with Crippen LogP contribution >= 0.6 is 0 Å². The lowest BCUT2D eigenvalue weighted by atomic mass is 9.87. The number of aryl methyl sites for hydroxylation is 3. The van der Waals surface area contributed by atoms with Gasteiger partial charge in [0, 0.05) is 12.0 Å². The van der Waals surface area contributed by atoms with Crippen molar-refractivity contribution in [3.05, 3.63) is 35.2 Å². The van der Waals surface area contributed by atoms with Crippen molar-refractivity contribution in [2.45, 2.75) is 58.3 Å². The molecule has 0 atom stereocenters. The molecule has 0 unspecified atom stereocenters. The molecule has 0 saturated heterocycles. The Labute approximate surface area is 160 Å². The number of benzene rings is 1. The molecule has 1 amide bonds. The molecule has 1 heterocycles. The molecule has 0 spiro atoms. The third kappa shape index (κ3) is 3.82. The number of nitrogens with zero attached hydrogens (tertiary/aromatic N) is 2. The Hall–Kier alpha value is -2.43. The topological polar surface area (TPSA) is 64.1 Å². The van der Waals surface area contributed by atoms with E-state index in [-0.39, 0.29) is 5.91 Å². The van der Waals surface area contributed by atoms with Gasteiger partial charge in [-0.2, -0.15) is 0 Å². The molecule has 1 saturated carbocycles. The molecule has 27 heavy (non-hydrogen) atoms. The molecule has 142 valence electrons. The van der Waals surface area contributed by atoms with Gasteiger partial charge in [0.1, 0.15) is 5.75 Å². The van der Waals surface area contributed by atoms with Gasteiger partial charge in [-0.1, -0.05) is 19.3 Å². The Kier molecular flexibility index (Phi) is 5.10. The van der Waals surface area contributed by atoms with Crippen molar-refractivity contribution in [2.24, 2.45) is 5.92 Å². The largest absolute Gasteiger partial charge is 0.497 e. The molecule has 2 aromatic rings. The Morgan fingerprint density at radius 1 is 1.19 bits per heavy atom. The van der Waals surface area contributed by atoms with E-state index in [1.54, 1.807) is 7.11 Å². The van der Waals surface area contributed by atoms with Crippen LogP contribution in [0, 0.1) is 12.8 Å². The Morgan fingerprint density at radius 2 is 2.00 bits per heavy atom. The highest BCUT2D eigenvalue weighted by Gasteiger charge is 2.22. The van der Waals surface area contributed by atoms with E-state index in [2.05, 4.69) is 17.4 Å². The van der Waals surface area contributed by atoms with E-state index in [0.29, 0.717) is 18.2 Å². The summed E-state index contributed by atoms with van der Waals surface area (Å²) in [5.74, 6) is 2.08. The van der Waals surface area contributed by atoms with Gasteiger partial charge < -0.3 is 10.1 Å². The third-order valence-corrected chi connectivity index (χ3v) is 5.80. The molecule has 2 aliphatic rings. The molecule has 1 fully saturated rings. The van der Waals surface area contributed by atoms with Crippen molar-refractivity contribution in [3.63, 3.8) is 0 Å². The highest BCUT2D eigenvalue weighted by atomic mass is 16.5. The summed E-state index contributed by atoms with van der Waals surface area (Å²) in [4.78, 5) is 22.0. The Morgan fingerprint density at radius 3 is 2.78 bits per heavy atom. The predicted octanol–water partition coefficient (Wildman–Crippen LogP) is 4.47. The number of amides is 1. The molecule has 5 heteroatoms. The number of fused-ring (bicyclic) bond motifs is 3. The van der Waals surface area contributed by atoms with Crippen LogP contribution in [0.4, 0.5) is 5.82 Å². The summed E-state index contributed by atoms with van der Waals surface area (Å²) < 4.78 is 5.33. The average molecular weight is 365 g/mol. The molecule has 0 bridgehead atoms. The Bertz CT molecular complexity index is 857. The lowest BCUT2D eigenvalue weighted by Gasteiger charge is -2.22. The van der Waals surface area contributed by atoms with E-state index in [1.807, 2.05) is 13.0 Å². The Balaban J connectivity index is 1.54. The molecule has 0 aliphatic heterocycles. The van der Waals surface area contributed by atoms with E-state index in [0.717, 1.165) is 41.2 Å². The van der Waals surface area contributed by atoms with Gasteiger partial charge in [0.2, 0.25) is 5.91 Å². The van der Waals surface area contributed by atoms with Crippen LogP contribution in [0.1, 0.15) is 55.5 Å². The fourth-order valence-corrected chi connectivity index (χ4v) is 4.29. The molecule has 1 aromatic heterocycles. The fourth-order valence-electron chi connectivity index (χ4n) is 4.29. The number of aromatic nitrogens is 2. The van der Waals surface area contributed by atoms with Gasteiger partial charge in [0.15, 0.2) is 5.82 Å². The van der Waals surface area contributed by atoms with Crippen LogP contribution in [0.25, 0.3) is 11.3 Å². The quantitative estimate of drug-likeness (QED) is 0.868. The maximum absolute atomic E-state index is 12.5. The standard InChI is InChI=1S/C22H27N3O2/c1-14-22(25-20(26)12-15-6-4-3-5-7-15)24-19-11-8-16-13-17(27-2)9-10-18(16)21(19)23-14/h9-10,13,15H,3-8,11-12H2,1-2H3,(H,24,25,26). The number of ether oxygens (including phenoxy) is 1. The second kappa shape index (κ2) is 7.67. The lowest BCUT2D eigenvalue weighted by molar-refractivity contribution is -0.117. The molecule has 2 aliphatic carbocycles. The highest BCUT2D eigenvalue weighted by molar-refractivity contribution is 5.90. The zero-order chi connectivity index (χ0) is 18.8. The van der Waals surface area contributed by atoms with E-state index in [4.69, 9.17) is 14.7 Å². The minimum atomic E-state index is 0.0696. The number of rotatable bonds is 4. The molecular formula is C22H27N3O2. The first kappa shape index (κ1) is 18.0. The maximum Gasteiger partial charge on any atom is 0.225 e. The summed E-state index contributed by atoms with van der Waals surface area (Å²) >= 11 is 0. The van der Waals surface area contributed by atoms with Crippen LogP contribution in [0.15, 0.2) is 18.2 Å². The van der Waals surface area contributed by atoms with E-state index < -0.39 is 0 Å². The minimum absolute atomic E-state index is 0.0696. The maximum atomic E-state index is 12.5. The monoisotopic (exact) mass is 365 g/mol. The first-order valence-corrected chi connectivity index (χ1v) is 9.98. The number of carbonyl (C=O) groups is 1. The molecular weight excluding hydrogens is 338 g/mol. The van der Waals surface area contributed by atoms with Crippen molar-refractivity contribution in [1.82, 2.24) is 9.97 Å².